The number of benzene rings is 1. The number of rotatable bonds is 2. The van der Waals surface area contributed by atoms with Crippen LogP contribution in [0.1, 0.15) is 28.2 Å². The first kappa shape index (κ1) is 14.4. The van der Waals surface area contributed by atoms with E-state index in [1.54, 1.807) is 4.40 Å². The Bertz CT molecular complexity index is 959. The first-order valence-electron chi connectivity index (χ1n) is 7.77. The van der Waals surface area contributed by atoms with Gasteiger partial charge in [-0.2, -0.15) is 5.10 Å². The minimum Gasteiger partial charge on any atom is -0.492 e. The lowest BCUT2D eigenvalue weighted by molar-refractivity contribution is 0.0948. The molecule has 1 aliphatic heterocycles. The number of carbonyl (C=O) groups is 1. The lowest BCUT2D eigenvalue weighted by atomic mass is 10.0. The van der Waals surface area contributed by atoms with Crippen molar-refractivity contribution in [2.75, 3.05) is 6.61 Å². The van der Waals surface area contributed by atoms with Crippen molar-refractivity contribution in [2.24, 2.45) is 5.10 Å². The van der Waals surface area contributed by atoms with E-state index in [-0.39, 0.29) is 5.91 Å². The zero-order valence-electron chi connectivity index (χ0n) is 13.2. The molecule has 1 aromatic carbocycles. The Morgan fingerprint density at radius 2 is 2.08 bits per heavy atom. The molecule has 0 saturated carbocycles. The number of carbonyl (C=O) groups excluding carboxylic acids is 1. The number of aryl methyl sites for hydroxylation is 1. The average molecular weight is 320 g/mol. The molecular formula is C18H16N4O2. The number of ether oxygens (including phenoxy) is 1. The Morgan fingerprint density at radius 1 is 1.25 bits per heavy atom. The smallest absolute Gasteiger partial charge is 0.290 e. The second kappa shape index (κ2) is 5.81. The fraction of sp³-hybridized carbons (Fsp3) is 0.167. The normalized spacial score (nSPS) is 15.1. The largest absolute Gasteiger partial charge is 0.492 e. The van der Waals surface area contributed by atoms with Crippen molar-refractivity contribution in [1.82, 2.24) is 14.8 Å². The summed E-state index contributed by atoms with van der Waals surface area (Å²) in [4.78, 5) is 17.0. The minimum atomic E-state index is -0.275. The van der Waals surface area contributed by atoms with Crippen LogP contribution in [-0.2, 0) is 0 Å². The number of hydrogen-bond acceptors (Lipinski definition) is 4. The maximum atomic E-state index is 12.6. The molecule has 0 spiro atoms. The fourth-order valence-corrected chi connectivity index (χ4v) is 2.90. The van der Waals surface area contributed by atoms with Crippen LogP contribution in [0, 0.1) is 6.92 Å². The van der Waals surface area contributed by atoms with Crippen LogP contribution >= 0.6 is 0 Å². The van der Waals surface area contributed by atoms with Gasteiger partial charge in [-0.05, 0) is 31.2 Å². The number of para-hydroxylation sites is 1. The molecule has 3 heterocycles. The quantitative estimate of drug-likeness (QED) is 0.738. The summed E-state index contributed by atoms with van der Waals surface area (Å²) in [5.74, 6) is 0.519. The average Bonchev–Trinajstić information content (AvgIpc) is 2.95. The highest BCUT2D eigenvalue weighted by Gasteiger charge is 2.19. The molecule has 0 radical (unpaired) electrons. The van der Waals surface area contributed by atoms with Gasteiger partial charge >= 0.3 is 0 Å². The van der Waals surface area contributed by atoms with Gasteiger partial charge in [0.2, 0.25) is 0 Å². The number of pyridine rings is 1. The van der Waals surface area contributed by atoms with Crippen molar-refractivity contribution in [3.63, 3.8) is 0 Å². The summed E-state index contributed by atoms with van der Waals surface area (Å²) in [6, 6.07) is 13.3. The Hall–Kier alpha value is -3.15. The highest BCUT2D eigenvalue weighted by atomic mass is 16.5. The molecule has 1 N–H and O–H groups in total. The number of hydrogen-bond donors (Lipinski definition) is 1. The van der Waals surface area contributed by atoms with E-state index in [0.717, 1.165) is 22.7 Å². The summed E-state index contributed by atoms with van der Waals surface area (Å²) in [7, 11) is 0. The van der Waals surface area contributed by atoms with E-state index >= 15 is 0 Å². The highest BCUT2D eigenvalue weighted by Crippen LogP contribution is 2.24. The monoisotopic (exact) mass is 320 g/mol. The molecule has 2 aromatic heterocycles. The molecule has 0 fully saturated rings. The van der Waals surface area contributed by atoms with Gasteiger partial charge in [0.15, 0.2) is 0 Å². The van der Waals surface area contributed by atoms with E-state index in [9.17, 15) is 4.79 Å². The molecule has 0 saturated heterocycles. The third-order valence-electron chi connectivity index (χ3n) is 4.01. The summed E-state index contributed by atoms with van der Waals surface area (Å²) in [6.07, 6.45) is 2.48. The lowest BCUT2D eigenvalue weighted by Gasteiger charge is -2.18. The predicted octanol–water partition coefficient (Wildman–Crippen LogP) is 2.56. The SMILES string of the molecule is Cc1nc2ccccn2c1C(=O)N/N=C1/CCOc2ccccc21. The van der Waals surface area contributed by atoms with Gasteiger partial charge in [0, 0.05) is 18.2 Å². The van der Waals surface area contributed by atoms with E-state index in [1.807, 2.05) is 55.6 Å². The first-order valence-corrected chi connectivity index (χ1v) is 7.77. The molecule has 6 heteroatoms. The van der Waals surface area contributed by atoms with Gasteiger partial charge in [-0.3, -0.25) is 9.20 Å². The zero-order chi connectivity index (χ0) is 16.5. The Kier molecular flexibility index (Phi) is 3.49. The topological polar surface area (TPSA) is 68.0 Å². The Labute approximate surface area is 138 Å². The summed E-state index contributed by atoms with van der Waals surface area (Å²) in [6.45, 7) is 2.37. The van der Waals surface area contributed by atoms with E-state index < -0.39 is 0 Å². The van der Waals surface area contributed by atoms with Crippen LogP contribution in [0.4, 0.5) is 0 Å². The molecule has 6 nitrogen and oxygen atoms in total. The molecular weight excluding hydrogens is 304 g/mol. The molecule has 24 heavy (non-hydrogen) atoms. The molecule has 120 valence electrons. The second-order valence-electron chi connectivity index (χ2n) is 5.57. The van der Waals surface area contributed by atoms with Crippen LogP contribution in [-0.4, -0.2) is 27.6 Å². The number of fused-ring (bicyclic) bond motifs is 2. The van der Waals surface area contributed by atoms with E-state index in [2.05, 4.69) is 15.5 Å². The van der Waals surface area contributed by atoms with Crippen molar-refractivity contribution >= 4 is 17.3 Å². The maximum absolute atomic E-state index is 12.6. The van der Waals surface area contributed by atoms with Gasteiger partial charge in [0.25, 0.3) is 5.91 Å². The van der Waals surface area contributed by atoms with Crippen LogP contribution in [0.5, 0.6) is 5.75 Å². The van der Waals surface area contributed by atoms with Gasteiger partial charge in [0.1, 0.15) is 17.1 Å². The number of imidazole rings is 1. The third kappa shape index (κ3) is 2.42. The molecule has 1 amide bonds. The summed E-state index contributed by atoms with van der Waals surface area (Å²) >= 11 is 0. The van der Waals surface area contributed by atoms with Crippen molar-refractivity contribution in [1.29, 1.82) is 0 Å². The van der Waals surface area contributed by atoms with Gasteiger partial charge in [-0.15, -0.1) is 0 Å². The van der Waals surface area contributed by atoms with Crippen LogP contribution in [0.3, 0.4) is 0 Å². The molecule has 1 aliphatic rings. The lowest BCUT2D eigenvalue weighted by Crippen LogP contribution is -2.24. The van der Waals surface area contributed by atoms with Gasteiger partial charge in [-0.1, -0.05) is 18.2 Å². The molecule has 3 aromatic rings. The Morgan fingerprint density at radius 3 is 3.00 bits per heavy atom. The maximum Gasteiger partial charge on any atom is 0.290 e. The highest BCUT2D eigenvalue weighted by molar-refractivity contribution is 6.04. The number of aromatic nitrogens is 2. The minimum absolute atomic E-state index is 0.275. The predicted molar refractivity (Wildman–Crippen MR) is 90.5 cm³/mol. The van der Waals surface area contributed by atoms with Gasteiger partial charge < -0.3 is 4.74 Å². The summed E-state index contributed by atoms with van der Waals surface area (Å²) < 4.78 is 7.37. The van der Waals surface area contributed by atoms with Crippen molar-refractivity contribution < 1.29 is 9.53 Å². The molecule has 0 bridgehead atoms. The van der Waals surface area contributed by atoms with Crippen molar-refractivity contribution in [2.45, 2.75) is 13.3 Å². The molecule has 0 aliphatic carbocycles. The molecule has 0 atom stereocenters. The standard InChI is InChI=1S/C18H16N4O2/c1-12-17(22-10-5-4-8-16(22)19-12)18(23)21-20-14-9-11-24-15-7-3-2-6-13(14)15/h2-8,10H,9,11H2,1H3,(H,21,23)/b20-14-. The van der Waals surface area contributed by atoms with E-state index in [4.69, 9.17) is 4.74 Å². The number of hydrazone groups is 1. The van der Waals surface area contributed by atoms with E-state index in [1.165, 1.54) is 0 Å². The number of nitrogens with one attached hydrogen (secondary N) is 1. The van der Waals surface area contributed by atoms with E-state index in [0.29, 0.717) is 24.4 Å². The first-order chi connectivity index (χ1) is 11.7. The van der Waals surface area contributed by atoms with Crippen LogP contribution < -0.4 is 10.2 Å². The van der Waals surface area contributed by atoms with Crippen LogP contribution in [0.2, 0.25) is 0 Å². The van der Waals surface area contributed by atoms with Crippen LogP contribution in [0.25, 0.3) is 5.65 Å². The van der Waals surface area contributed by atoms with Crippen molar-refractivity contribution in [3.8, 4) is 5.75 Å². The summed E-state index contributed by atoms with van der Waals surface area (Å²) in [5.41, 5.74) is 6.30. The van der Waals surface area contributed by atoms with Crippen LogP contribution in [0.15, 0.2) is 53.8 Å². The summed E-state index contributed by atoms with van der Waals surface area (Å²) in [5, 5.41) is 4.32. The number of nitrogens with zero attached hydrogens (tertiary/aromatic N) is 3. The molecule has 0 unspecified atom stereocenters. The van der Waals surface area contributed by atoms with Gasteiger partial charge in [0.05, 0.1) is 18.0 Å². The Balaban J connectivity index is 1.64. The molecule has 4 rings (SSSR count). The third-order valence-corrected chi connectivity index (χ3v) is 4.01. The van der Waals surface area contributed by atoms with Gasteiger partial charge in [-0.25, -0.2) is 10.4 Å². The van der Waals surface area contributed by atoms with Crippen molar-refractivity contribution in [3.05, 3.63) is 65.6 Å². The number of amides is 1. The second-order valence-corrected chi connectivity index (χ2v) is 5.57. The zero-order valence-corrected chi connectivity index (χ0v) is 13.2. The fourth-order valence-electron chi connectivity index (χ4n) is 2.90.